The number of anilines is 4. The summed E-state index contributed by atoms with van der Waals surface area (Å²) in [5, 5.41) is 10.7. The second-order valence-electron chi connectivity index (χ2n) is 9.60. The topological polar surface area (TPSA) is 104 Å². The van der Waals surface area contributed by atoms with Gasteiger partial charge in [-0.2, -0.15) is 0 Å². The van der Waals surface area contributed by atoms with E-state index in [1.165, 1.54) is 10.6 Å². The van der Waals surface area contributed by atoms with Gasteiger partial charge in [-0.15, -0.1) is 0 Å². The number of carbonyl (C=O) groups excluding carboxylic acids is 1. The predicted octanol–water partition coefficient (Wildman–Crippen LogP) is 4.58. The van der Waals surface area contributed by atoms with Gasteiger partial charge < -0.3 is 20.9 Å². The van der Waals surface area contributed by atoms with E-state index < -0.39 is 5.91 Å². The van der Waals surface area contributed by atoms with Crippen molar-refractivity contribution in [3.8, 4) is 5.69 Å². The number of rotatable bonds is 6. The number of benzene rings is 2. The maximum atomic E-state index is 13.0. The van der Waals surface area contributed by atoms with Crippen LogP contribution in [0.3, 0.4) is 0 Å². The van der Waals surface area contributed by atoms with E-state index >= 15 is 0 Å². The quantitative estimate of drug-likeness (QED) is 0.295. The molecular formula is C31H29N7O2. The lowest BCUT2D eigenvalue weighted by atomic mass is 10.2. The lowest BCUT2D eigenvalue weighted by molar-refractivity contribution is 0.102. The van der Waals surface area contributed by atoms with Crippen LogP contribution < -0.4 is 26.4 Å². The molecule has 9 nitrogen and oxygen atoms in total. The Hall–Kier alpha value is -5.02. The number of hydrogen-bond acceptors (Lipinski definition) is 7. The van der Waals surface area contributed by atoms with Crippen molar-refractivity contribution in [2.45, 2.75) is 6.42 Å². The van der Waals surface area contributed by atoms with Crippen molar-refractivity contribution in [3.63, 3.8) is 0 Å². The van der Waals surface area contributed by atoms with Crippen molar-refractivity contribution in [2.75, 3.05) is 41.7 Å². The van der Waals surface area contributed by atoms with Crippen LogP contribution in [0.1, 0.15) is 16.8 Å². The number of amides is 1. The first kappa shape index (κ1) is 25.3. The highest BCUT2D eigenvalue weighted by Gasteiger charge is 2.15. The maximum absolute atomic E-state index is 13.0. The standard InChI is InChI=1S/C31H29N7O2/c39-30(25-8-4-18-38(31(25)40)24-6-2-1-3-7-24)36-23-11-9-22(10-12-23)35-27-13-15-33-28-21-34-29(20-26(27)28)37-17-5-14-32-16-19-37/h1-4,6-13,15,18,20-21,32H,5,14,16-17,19H2,(H,33,35)(H,36,39). The van der Waals surface area contributed by atoms with Crippen LogP contribution >= 0.6 is 0 Å². The zero-order valence-corrected chi connectivity index (χ0v) is 21.9. The van der Waals surface area contributed by atoms with Gasteiger partial charge in [0.25, 0.3) is 11.5 Å². The van der Waals surface area contributed by atoms with Crippen molar-refractivity contribution in [2.24, 2.45) is 0 Å². The van der Waals surface area contributed by atoms with Crippen molar-refractivity contribution >= 4 is 39.7 Å². The van der Waals surface area contributed by atoms with Crippen molar-refractivity contribution in [1.82, 2.24) is 19.9 Å². The summed E-state index contributed by atoms with van der Waals surface area (Å²) in [6, 6.07) is 23.9. The second kappa shape index (κ2) is 11.4. The van der Waals surface area contributed by atoms with Crippen LogP contribution in [-0.2, 0) is 0 Å². The molecule has 9 heteroatoms. The van der Waals surface area contributed by atoms with Gasteiger partial charge in [0, 0.05) is 60.2 Å². The fraction of sp³-hybridized carbons (Fsp3) is 0.161. The van der Waals surface area contributed by atoms with E-state index in [0.717, 1.165) is 60.7 Å². The Balaban J connectivity index is 1.19. The molecule has 3 N–H and O–H groups in total. The molecule has 200 valence electrons. The molecule has 0 aliphatic carbocycles. The van der Waals surface area contributed by atoms with E-state index in [4.69, 9.17) is 0 Å². The Labute approximate surface area is 231 Å². The van der Waals surface area contributed by atoms with Crippen molar-refractivity contribution < 1.29 is 4.79 Å². The van der Waals surface area contributed by atoms with E-state index in [0.29, 0.717) is 11.4 Å². The van der Waals surface area contributed by atoms with E-state index in [9.17, 15) is 9.59 Å². The van der Waals surface area contributed by atoms with Crippen LogP contribution in [0.25, 0.3) is 16.6 Å². The molecule has 0 radical (unpaired) electrons. The van der Waals surface area contributed by atoms with Crippen LogP contribution in [0.5, 0.6) is 0 Å². The molecule has 0 unspecified atom stereocenters. The summed E-state index contributed by atoms with van der Waals surface area (Å²) in [7, 11) is 0. The molecule has 5 aromatic rings. The number of carbonyl (C=O) groups is 1. The summed E-state index contributed by atoms with van der Waals surface area (Å²) in [5.41, 5.74) is 3.58. The Morgan fingerprint density at radius 1 is 0.875 bits per heavy atom. The summed E-state index contributed by atoms with van der Waals surface area (Å²) in [4.78, 5) is 37.4. The van der Waals surface area contributed by atoms with Gasteiger partial charge in [-0.25, -0.2) is 4.98 Å². The molecule has 0 spiro atoms. The number of hydrogen-bond donors (Lipinski definition) is 3. The molecule has 0 bridgehead atoms. The van der Waals surface area contributed by atoms with Gasteiger partial charge in [0.15, 0.2) is 0 Å². The number of aromatic nitrogens is 3. The van der Waals surface area contributed by atoms with Crippen LogP contribution in [-0.4, -0.2) is 46.6 Å². The zero-order chi connectivity index (χ0) is 27.3. The monoisotopic (exact) mass is 531 g/mol. The molecule has 0 saturated carbocycles. The summed E-state index contributed by atoms with van der Waals surface area (Å²) < 4.78 is 1.46. The number of fused-ring (bicyclic) bond motifs is 1. The van der Waals surface area contributed by atoms with E-state index in [1.807, 2.05) is 54.7 Å². The number of nitrogens with one attached hydrogen (secondary N) is 3. The zero-order valence-electron chi connectivity index (χ0n) is 21.9. The van der Waals surface area contributed by atoms with Crippen LogP contribution in [0, 0.1) is 0 Å². The van der Waals surface area contributed by atoms with Gasteiger partial charge in [-0.3, -0.25) is 19.1 Å². The minimum atomic E-state index is -0.458. The minimum Gasteiger partial charge on any atom is -0.355 e. The molecule has 4 heterocycles. The number of para-hydroxylation sites is 1. The minimum absolute atomic E-state index is 0.0708. The lowest BCUT2D eigenvalue weighted by Gasteiger charge is -2.21. The fourth-order valence-electron chi connectivity index (χ4n) is 4.84. The third kappa shape index (κ3) is 5.41. The summed E-state index contributed by atoms with van der Waals surface area (Å²) in [6.45, 7) is 3.84. The number of pyridine rings is 3. The summed E-state index contributed by atoms with van der Waals surface area (Å²) in [6.07, 6.45) is 6.32. The Morgan fingerprint density at radius 2 is 1.70 bits per heavy atom. The molecule has 3 aromatic heterocycles. The molecule has 0 atom stereocenters. The molecular weight excluding hydrogens is 502 g/mol. The molecule has 2 aromatic carbocycles. The molecule has 1 aliphatic rings. The molecule has 1 amide bonds. The van der Waals surface area contributed by atoms with Crippen LogP contribution in [0.4, 0.5) is 22.9 Å². The Kier molecular flexibility index (Phi) is 7.19. The van der Waals surface area contributed by atoms with Gasteiger partial charge in [0.05, 0.1) is 11.7 Å². The third-order valence-corrected chi connectivity index (χ3v) is 6.93. The van der Waals surface area contributed by atoms with E-state index in [-0.39, 0.29) is 11.1 Å². The van der Waals surface area contributed by atoms with Crippen LogP contribution in [0.2, 0.25) is 0 Å². The van der Waals surface area contributed by atoms with Crippen molar-refractivity contribution in [1.29, 1.82) is 0 Å². The summed E-state index contributed by atoms with van der Waals surface area (Å²) in [5.74, 6) is 0.484. The highest BCUT2D eigenvalue weighted by molar-refractivity contribution is 6.04. The SMILES string of the molecule is O=C(Nc1ccc(Nc2ccnc3cnc(N4CCCNCC4)cc23)cc1)c1cccn(-c2ccccc2)c1=O. The van der Waals surface area contributed by atoms with Gasteiger partial charge in [-0.1, -0.05) is 18.2 Å². The molecule has 40 heavy (non-hydrogen) atoms. The van der Waals surface area contributed by atoms with Crippen molar-refractivity contribution in [3.05, 3.63) is 113 Å². The third-order valence-electron chi connectivity index (χ3n) is 6.93. The van der Waals surface area contributed by atoms with Gasteiger partial charge in [-0.05, 0) is 73.6 Å². The molecule has 6 rings (SSSR count). The summed E-state index contributed by atoms with van der Waals surface area (Å²) >= 11 is 0. The van der Waals surface area contributed by atoms with E-state index in [2.05, 4.69) is 36.9 Å². The second-order valence-corrected chi connectivity index (χ2v) is 9.60. The Morgan fingerprint density at radius 3 is 2.55 bits per heavy atom. The lowest BCUT2D eigenvalue weighted by Crippen LogP contribution is -2.28. The molecule has 1 saturated heterocycles. The van der Waals surface area contributed by atoms with Gasteiger partial charge in [0.1, 0.15) is 11.4 Å². The average molecular weight is 532 g/mol. The molecule has 1 aliphatic heterocycles. The predicted molar refractivity (Wildman–Crippen MR) is 159 cm³/mol. The Bertz CT molecular complexity index is 1690. The normalized spacial score (nSPS) is 13.6. The highest BCUT2D eigenvalue weighted by Crippen LogP contribution is 2.28. The smallest absolute Gasteiger partial charge is 0.267 e. The maximum Gasteiger partial charge on any atom is 0.267 e. The van der Waals surface area contributed by atoms with Gasteiger partial charge >= 0.3 is 0 Å². The largest absolute Gasteiger partial charge is 0.355 e. The highest BCUT2D eigenvalue weighted by atomic mass is 16.2. The first-order valence-electron chi connectivity index (χ1n) is 13.3. The average Bonchev–Trinajstić information content (AvgIpc) is 3.28. The van der Waals surface area contributed by atoms with E-state index in [1.54, 1.807) is 30.6 Å². The fourth-order valence-corrected chi connectivity index (χ4v) is 4.84. The number of nitrogens with zero attached hydrogens (tertiary/aromatic N) is 4. The first-order valence-corrected chi connectivity index (χ1v) is 13.3. The molecule has 1 fully saturated rings. The van der Waals surface area contributed by atoms with Gasteiger partial charge in [0.2, 0.25) is 0 Å². The van der Waals surface area contributed by atoms with Crippen LogP contribution in [0.15, 0.2) is 102 Å². The first-order chi connectivity index (χ1) is 19.7.